The second kappa shape index (κ2) is 4.84. The summed E-state index contributed by atoms with van der Waals surface area (Å²) in [6.45, 7) is 5.99. The fraction of sp³-hybridized carbons (Fsp3) is 0.500. The third-order valence-corrected chi connectivity index (χ3v) is 1.53. The molecule has 0 aromatic carbocycles. The molecule has 5 heteroatoms. The van der Waals surface area contributed by atoms with Gasteiger partial charge in [-0.1, -0.05) is 0 Å². The Morgan fingerprint density at radius 1 is 1.53 bits per heavy atom. The molecular weight excluding hydrogens is 194 g/mol. The van der Waals surface area contributed by atoms with E-state index in [9.17, 15) is 4.79 Å². The third kappa shape index (κ3) is 5.07. The number of carbonyl (C=O) groups excluding carboxylic acids is 1. The van der Waals surface area contributed by atoms with Gasteiger partial charge in [-0.2, -0.15) is 0 Å². The molecule has 3 N–H and O–H groups in total. The van der Waals surface area contributed by atoms with Gasteiger partial charge >= 0.3 is 6.09 Å². The number of aromatic nitrogens is 1. The van der Waals surface area contributed by atoms with Crippen molar-refractivity contribution in [3.05, 3.63) is 24.0 Å². The van der Waals surface area contributed by atoms with E-state index in [4.69, 9.17) is 4.74 Å². The van der Waals surface area contributed by atoms with Crippen molar-refractivity contribution in [2.75, 3.05) is 0 Å². The second-order valence-electron chi connectivity index (χ2n) is 4.18. The lowest BCUT2D eigenvalue weighted by atomic mass is 10.2. The molecule has 1 amide bonds. The van der Waals surface area contributed by atoms with E-state index in [1.807, 2.05) is 39.1 Å². The highest BCUT2D eigenvalue weighted by Crippen LogP contribution is 2.05. The first kappa shape index (κ1) is 11.6. The summed E-state index contributed by atoms with van der Waals surface area (Å²) in [5.74, 6) is 0. The first-order chi connectivity index (χ1) is 6.97. The monoisotopic (exact) mass is 211 g/mol. The van der Waals surface area contributed by atoms with Crippen LogP contribution in [0.2, 0.25) is 0 Å². The third-order valence-electron chi connectivity index (χ3n) is 1.53. The first-order valence-electron chi connectivity index (χ1n) is 4.81. The van der Waals surface area contributed by atoms with Gasteiger partial charge in [-0.15, -0.1) is 0 Å². The lowest BCUT2D eigenvalue weighted by Crippen LogP contribution is -2.40. The molecule has 0 saturated heterocycles. The predicted octanol–water partition coefficient (Wildman–Crippen LogP) is 1.54. The van der Waals surface area contributed by atoms with Gasteiger partial charge in [-0.3, -0.25) is 5.43 Å². The highest BCUT2D eigenvalue weighted by atomic mass is 16.6. The number of aromatic amines is 1. The van der Waals surface area contributed by atoms with Crippen LogP contribution in [0.1, 0.15) is 26.5 Å². The highest BCUT2D eigenvalue weighted by Gasteiger charge is 2.15. The number of carbonyl (C=O) groups is 1. The Hall–Kier alpha value is -1.49. The molecule has 15 heavy (non-hydrogen) atoms. The van der Waals surface area contributed by atoms with E-state index < -0.39 is 11.7 Å². The molecule has 0 saturated carbocycles. The number of amides is 1. The number of hydrogen-bond acceptors (Lipinski definition) is 3. The van der Waals surface area contributed by atoms with Gasteiger partial charge in [0.25, 0.3) is 0 Å². The van der Waals surface area contributed by atoms with Crippen LogP contribution in [-0.2, 0) is 11.3 Å². The van der Waals surface area contributed by atoms with E-state index in [0.29, 0.717) is 6.54 Å². The average molecular weight is 211 g/mol. The van der Waals surface area contributed by atoms with Crippen LogP contribution in [0.5, 0.6) is 0 Å². The minimum Gasteiger partial charge on any atom is -0.443 e. The number of hydrogen-bond donors (Lipinski definition) is 3. The van der Waals surface area contributed by atoms with E-state index in [1.165, 1.54) is 0 Å². The largest absolute Gasteiger partial charge is 0.443 e. The summed E-state index contributed by atoms with van der Waals surface area (Å²) in [5.41, 5.74) is 5.72. The molecule has 1 aromatic rings. The maximum atomic E-state index is 11.2. The standard InChI is InChI=1S/C10H17N3O2/c1-10(2,3)15-9(14)13-12-7-8-5-4-6-11-8/h4-6,11-12H,7H2,1-3H3,(H,13,14). The molecule has 0 aliphatic heterocycles. The summed E-state index contributed by atoms with van der Waals surface area (Å²) in [5, 5.41) is 0. The van der Waals surface area contributed by atoms with Crippen molar-refractivity contribution in [1.82, 2.24) is 15.8 Å². The van der Waals surface area contributed by atoms with E-state index in [0.717, 1.165) is 5.69 Å². The van der Waals surface area contributed by atoms with Crippen molar-refractivity contribution in [3.63, 3.8) is 0 Å². The van der Waals surface area contributed by atoms with Gasteiger partial charge in [0, 0.05) is 11.9 Å². The summed E-state index contributed by atoms with van der Waals surface area (Å²) >= 11 is 0. The van der Waals surface area contributed by atoms with Crippen LogP contribution in [0.15, 0.2) is 18.3 Å². The summed E-state index contributed by atoms with van der Waals surface area (Å²) in [6.07, 6.45) is 1.35. The van der Waals surface area contributed by atoms with Crippen LogP contribution in [0.3, 0.4) is 0 Å². The lowest BCUT2D eigenvalue weighted by Gasteiger charge is -2.19. The molecule has 0 fully saturated rings. The summed E-state index contributed by atoms with van der Waals surface area (Å²) < 4.78 is 5.03. The normalized spacial score (nSPS) is 11.1. The second-order valence-corrected chi connectivity index (χ2v) is 4.18. The number of ether oxygens (including phenoxy) is 1. The Labute approximate surface area is 89.2 Å². The zero-order valence-electron chi connectivity index (χ0n) is 9.26. The van der Waals surface area contributed by atoms with Crippen molar-refractivity contribution in [1.29, 1.82) is 0 Å². The number of H-pyrrole nitrogens is 1. The van der Waals surface area contributed by atoms with Gasteiger partial charge in [0.05, 0.1) is 6.54 Å². The highest BCUT2D eigenvalue weighted by molar-refractivity contribution is 5.66. The Balaban J connectivity index is 2.18. The predicted molar refractivity (Wildman–Crippen MR) is 57.0 cm³/mol. The van der Waals surface area contributed by atoms with Gasteiger partial charge in [0.1, 0.15) is 5.60 Å². The number of hydrazine groups is 1. The van der Waals surface area contributed by atoms with Crippen LogP contribution in [0.25, 0.3) is 0 Å². The molecular formula is C10H17N3O2. The maximum Gasteiger partial charge on any atom is 0.422 e. The van der Waals surface area contributed by atoms with Gasteiger partial charge in [-0.25, -0.2) is 10.2 Å². The summed E-state index contributed by atoms with van der Waals surface area (Å²) in [7, 11) is 0. The topological polar surface area (TPSA) is 66.2 Å². The molecule has 84 valence electrons. The summed E-state index contributed by atoms with van der Waals surface area (Å²) in [4.78, 5) is 14.2. The first-order valence-corrected chi connectivity index (χ1v) is 4.81. The van der Waals surface area contributed by atoms with Crippen molar-refractivity contribution < 1.29 is 9.53 Å². The fourth-order valence-corrected chi connectivity index (χ4v) is 0.993. The average Bonchev–Trinajstić information content (AvgIpc) is 2.53. The van der Waals surface area contributed by atoms with Gasteiger partial charge < -0.3 is 9.72 Å². The quantitative estimate of drug-likeness (QED) is 0.664. The molecule has 0 aliphatic rings. The number of nitrogens with one attached hydrogen (secondary N) is 3. The molecule has 1 heterocycles. The van der Waals surface area contributed by atoms with Crippen molar-refractivity contribution in [2.45, 2.75) is 32.9 Å². The minimum atomic E-state index is -0.478. The minimum absolute atomic E-state index is 0.474. The molecule has 1 rings (SSSR count). The Morgan fingerprint density at radius 2 is 2.27 bits per heavy atom. The zero-order valence-corrected chi connectivity index (χ0v) is 9.26. The van der Waals surface area contributed by atoms with Crippen molar-refractivity contribution in [3.8, 4) is 0 Å². The Kier molecular flexibility index (Phi) is 3.74. The van der Waals surface area contributed by atoms with Crippen LogP contribution >= 0.6 is 0 Å². The molecule has 0 aliphatic carbocycles. The molecule has 5 nitrogen and oxygen atoms in total. The molecule has 1 aromatic heterocycles. The van der Waals surface area contributed by atoms with Crippen LogP contribution in [0, 0.1) is 0 Å². The van der Waals surface area contributed by atoms with Gasteiger partial charge in [0.15, 0.2) is 0 Å². The van der Waals surface area contributed by atoms with Crippen molar-refractivity contribution >= 4 is 6.09 Å². The molecule has 0 atom stereocenters. The van der Waals surface area contributed by atoms with Crippen LogP contribution < -0.4 is 10.9 Å². The number of rotatable bonds is 3. The smallest absolute Gasteiger partial charge is 0.422 e. The Morgan fingerprint density at radius 3 is 2.80 bits per heavy atom. The van der Waals surface area contributed by atoms with E-state index >= 15 is 0 Å². The van der Waals surface area contributed by atoms with Gasteiger partial charge in [0.2, 0.25) is 0 Å². The fourth-order valence-electron chi connectivity index (χ4n) is 0.993. The van der Waals surface area contributed by atoms with E-state index in [1.54, 1.807) is 0 Å². The van der Waals surface area contributed by atoms with Crippen molar-refractivity contribution in [2.24, 2.45) is 0 Å². The van der Waals surface area contributed by atoms with Crippen LogP contribution in [-0.4, -0.2) is 16.7 Å². The van der Waals surface area contributed by atoms with E-state index in [2.05, 4.69) is 15.8 Å². The SMILES string of the molecule is CC(C)(C)OC(=O)NNCc1ccc[nH]1. The maximum absolute atomic E-state index is 11.2. The van der Waals surface area contributed by atoms with E-state index in [-0.39, 0.29) is 0 Å². The Bertz CT molecular complexity index is 301. The lowest BCUT2D eigenvalue weighted by molar-refractivity contribution is 0.0497. The summed E-state index contributed by atoms with van der Waals surface area (Å²) in [6, 6.07) is 3.81. The van der Waals surface area contributed by atoms with Crippen LogP contribution in [0.4, 0.5) is 4.79 Å². The molecule has 0 radical (unpaired) electrons. The molecule has 0 unspecified atom stereocenters. The molecule has 0 spiro atoms. The zero-order chi connectivity index (χ0) is 11.3. The molecule has 0 bridgehead atoms. The van der Waals surface area contributed by atoms with Gasteiger partial charge in [-0.05, 0) is 32.9 Å².